The molecule has 0 aromatic carbocycles. The molecule has 0 bridgehead atoms. The molecule has 0 aromatic heterocycles. The van der Waals surface area contributed by atoms with Gasteiger partial charge in [0.15, 0.2) is 0 Å². The van der Waals surface area contributed by atoms with Crippen molar-refractivity contribution in [2.45, 2.75) is 26.7 Å². The summed E-state index contributed by atoms with van der Waals surface area (Å²) < 4.78 is 5.32. The van der Waals surface area contributed by atoms with E-state index in [1.54, 1.807) is 0 Å². The second-order valence-corrected chi connectivity index (χ2v) is 4.78. The molecule has 1 nitrogen and oxygen atoms in total. The van der Waals surface area contributed by atoms with Crippen LogP contribution in [0.1, 0.15) is 26.7 Å². The van der Waals surface area contributed by atoms with E-state index in [0.29, 0.717) is 5.92 Å². The number of fused-ring (bicyclic) bond motifs is 1. The van der Waals surface area contributed by atoms with Gasteiger partial charge >= 0.3 is 0 Å². The predicted octanol–water partition coefficient (Wildman–Crippen LogP) is 3.94. The van der Waals surface area contributed by atoms with Crippen LogP contribution in [0.25, 0.3) is 0 Å². The molecule has 2 aliphatic rings. The summed E-state index contributed by atoms with van der Waals surface area (Å²) in [6, 6.07) is 0. The van der Waals surface area contributed by atoms with Crippen LogP contribution in [0.4, 0.5) is 0 Å². The quantitative estimate of drug-likeness (QED) is 0.513. The first kappa shape index (κ1) is 11.5. The topological polar surface area (TPSA) is 9.23 Å². The van der Waals surface area contributed by atoms with Crippen LogP contribution in [-0.2, 0) is 4.74 Å². The van der Waals surface area contributed by atoms with Crippen molar-refractivity contribution in [1.29, 1.82) is 0 Å². The lowest BCUT2D eigenvalue weighted by Crippen LogP contribution is -2.09. The van der Waals surface area contributed by atoms with E-state index >= 15 is 0 Å². The Morgan fingerprint density at radius 2 is 2.19 bits per heavy atom. The highest BCUT2D eigenvalue weighted by molar-refractivity contribution is 5.16. The number of allylic oxidation sites excluding steroid dienone is 5. The number of hydrogen-bond donors (Lipinski definition) is 0. The first-order valence-electron chi connectivity index (χ1n) is 6.44. The minimum Gasteiger partial charge on any atom is -0.502 e. The van der Waals surface area contributed by atoms with Gasteiger partial charge < -0.3 is 4.74 Å². The molecule has 0 unspecified atom stereocenters. The second-order valence-electron chi connectivity index (χ2n) is 4.78. The summed E-state index contributed by atoms with van der Waals surface area (Å²) in [5, 5.41) is 0. The molecule has 1 fully saturated rings. The summed E-state index contributed by atoms with van der Waals surface area (Å²) in [6.45, 7) is 4.92. The average molecular weight is 218 g/mol. The summed E-state index contributed by atoms with van der Waals surface area (Å²) in [5.74, 6) is 3.03. The fourth-order valence-electron chi connectivity index (χ4n) is 3.19. The summed E-state index contributed by atoms with van der Waals surface area (Å²) >= 11 is 0. The van der Waals surface area contributed by atoms with Gasteiger partial charge in [-0.25, -0.2) is 0 Å². The molecule has 0 radical (unpaired) electrons. The van der Waals surface area contributed by atoms with Crippen molar-refractivity contribution in [3.63, 3.8) is 0 Å². The number of hydrogen-bond acceptors (Lipinski definition) is 1. The molecule has 0 N–H and O–H groups in total. The molecular weight excluding hydrogens is 196 g/mol. The van der Waals surface area contributed by atoms with Crippen LogP contribution in [0.15, 0.2) is 36.6 Å². The Kier molecular flexibility index (Phi) is 3.87. The third-order valence-electron chi connectivity index (χ3n) is 3.88. The third kappa shape index (κ3) is 2.23. The minimum atomic E-state index is 0.677. The zero-order valence-electron chi connectivity index (χ0n) is 10.3. The molecule has 0 saturated heterocycles. The van der Waals surface area contributed by atoms with E-state index in [-0.39, 0.29) is 0 Å². The van der Waals surface area contributed by atoms with E-state index in [4.69, 9.17) is 4.74 Å². The van der Waals surface area contributed by atoms with Crippen LogP contribution < -0.4 is 0 Å². The fourth-order valence-corrected chi connectivity index (χ4v) is 3.19. The zero-order chi connectivity index (χ0) is 11.4. The largest absolute Gasteiger partial charge is 0.502 e. The smallest absolute Gasteiger partial charge is 0.0845 e. The highest BCUT2D eigenvalue weighted by Gasteiger charge is 2.40. The van der Waals surface area contributed by atoms with Crippen molar-refractivity contribution in [3.05, 3.63) is 36.6 Å². The van der Waals surface area contributed by atoms with Gasteiger partial charge in [-0.05, 0) is 56.4 Å². The number of rotatable bonds is 4. The molecule has 88 valence electrons. The highest BCUT2D eigenvalue weighted by atomic mass is 16.5. The van der Waals surface area contributed by atoms with E-state index < -0.39 is 0 Å². The first-order valence-corrected chi connectivity index (χ1v) is 6.44. The molecule has 0 aliphatic heterocycles. The lowest BCUT2D eigenvalue weighted by molar-refractivity contribution is 0.265. The van der Waals surface area contributed by atoms with Crippen LogP contribution in [-0.4, -0.2) is 6.61 Å². The molecule has 1 saturated carbocycles. The maximum absolute atomic E-state index is 5.32. The van der Waals surface area contributed by atoms with Gasteiger partial charge in [0.25, 0.3) is 0 Å². The average Bonchev–Trinajstić information content (AvgIpc) is 2.84. The minimum absolute atomic E-state index is 0.677. The normalized spacial score (nSPS) is 37.6. The van der Waals surface area contributed by atoms with Gasteiger partial charge in [0.1, 0.15) is 0 Å². The second kappa shape index (κ2) is 5.38. The Labute approximate surface area is 98.9 Å². The van der Waals surface area contributed by atoms with Gasteiger partial charge in [0.2, 0.25) is 0 Å². The van der Waals surface area contributed by atoms with Gasteiger partial charge in [-0.3, -0.25) is 0 Å². The fraction of sp³-hybridized carbons (Fsp3) is 0.600. The summed E-state index contributed by atoms with van der Waals surface area (Å²) in [5.41, 5.74) is 0. The standard InChI is InChI=1S/C15H22O/c1-3-6-12-11-13(9-10-16-4-2)15-8-5-7-14(12)15/h3,5-6,8-10,12-15H,4,7,11H2,1-2H3/b6-3+,10-9+/t12-,13+,14-,15+/m0/s1. The Balaban J connectivity index is 2.01. The molecule has 0 spiro atoms. The molecular formula is C15H22O. The maximum atomic E-state index is 5.32. The summed E-state index contributed by atoms with van der Waals surface area (Å²) in [7, 11) is 0. The zero-order valence-corrected chi connectivity index (χ0v) is 10.3. The summed E-state index contributed by atoms with van der Waals surface area (Å²) in [6.07, 6.45) is 16.1. The molecule has 2 rings (SSSR count). The molecule has 0 heterocycles. The highest BCUT2D eigenvalue weighted by Crippen LogP contribution is 2.48. The first-order chi connectivity index (χ1) is 7.86. The van der Waals surface area contributed by atoms with E-state index in [1.807, 2.05) is 13.2 Å². The van der Waals surface area contributed by atoms with Gasteiger partial charge in [0.05, 0.1) is 12.9 Å². The third-order valence-corrected chi connectivity index (χ3v) is 3.88. The molecule has 2 aliphatic carbocycles. The van der Waals surface area contributed by atoms with Gasteiger partial charge in [-0.15, -0.1) is 0 Å². The van der Waals surface area contributed by atoms with Gasteiger partial charge in [-0.2, -0.15) is 0 Å². The predicted molar refractivity (Wildman–Crippen MR) is 67.9 cm³/mol. The van der Waals surface area contributed by atoms with Crippen molar-refractivity contribution in [3.8, 4) is 0 Å². The van der Waals surface area contributed by atoms with Crippen LogP contribution in [0.3, 0.4) is 0 Å². The van der Waals surface area contributed by atoms with E-state index in [9.17, 15) is 0 Å². The molecule has 4 atom stereocenters. The van der Waals surface area contributed by atoms with Crippen LogP contribution in [0.5, 0.6) is 0 Å². The molecule has 16 heavy (non-hydrogen) atoms. The van der Waals surface area contributed by atoms with Gasteiger partial charge in [-0.1, -0.05) is 24.3 Å². The van der Waals surface area contributed by atoms with Crippen molar-refractivity contribution in [2.24, 2.45) is 23.7 Å². The van der Waals surface area contributed by atoms with E-state index in [0.717, 1.165) is 24.4 Å². The lowest BCUT2D eigenvalue weighted by atomic mass is 9.89. The Bertz CT molecular complexity index is 301. The van der Waals surface area contributed by atoms with Crippen LogP contribution >= 0.6 is 0 Å². The Hall–Kier alpha value is -0.980. The Morgan fingerprint density at radius 1 is 1.31 bits per heavy atom. The van der Waals surface area contributed by atoms with Crippen LogP contribution in [0, 0.1) is 23.7 Å². The van der Waals surface area contributed by atoms with E-state index in [1.165, 1.54) is 12.8 Å². The molecule has 0 amide bonds. The van der Waals surface area contributed by atoms with Crippen molar-refractivity contribution in [2.75, 3.05) is 6.61 Å². The van der Waals surface area contributed by atoms with Crippen molar-refractivity contribution in [1.82, 2.24) is 0 Å². The lowest BCUT2D eigenvalue weighted by Gasteiger charge is -2.15. The van der Waals surface area contributed by atoms with Crippen molar-refractivity contribution < 1.29 is 4.74 Å². The van der Waals surface area contributed by atoms with Crippen LogP contribution in [0.2, 0.25) is 0 Å². The van der Waals surface area contributed by atoms with E-state index in [2.05, 4.69) is 37.3 Å². The van der Waals surface area contributed by atoms with Gasteiger partial charge in [0, 0.05) is 0 Å². The number of ether oxygens (including phenoxy) is 1. The molecule has 0 aromatic rings. The molecule has 1 heteroatoms. The Morgan fingerprint density at radius 3 is 2.94 bits per heavy atom. The van der Waals surface area contributed by atoms with Crippen molar-refractivity contribution >= 4 is 0 Å². The summed E-state index contributed by atoms with van der Waals surface area (Å²) in [4.78, 5) is 0. The maximum Gasteiger partial charge on any atom is 0.0845 e. The monoisotopic (exact) mass is 218 g/mol. The SMILES string of the molecule is C/C=C/[C@H]1C[C@@H](/C=C/OCC)[C@H]2C=CC[C@H]21.